The first-order valence-corrected chi connectivity index (χ1v) is 7.72. The molecular formula is C15H30N2O. The lowest BCUT2D eigenvalue weighted by Crippen LogP contribution is -2.54. The second-order valence-electron chi connectivity index (χ2n) is 6.55. The number of nitrogens with zero attached hydrogens (tertiary/aromatic N) is 1. The van der Waals surface area contributed by atoms with Crippen LogP contribution in [-0.4, -0.2) is 48.8 Å². The molecule has 0 bridgehead atoms. The average Bonchev–Trinajstić information content (AvgIpc) is 2.35. The molecule has 2 unspecified atom stereocenters. The van der Waals surface area contributed by atoms with Crippen LogP contribution in [0.4, 0.5) is 0 Å². The molecule has 3 heteroatoms. The van der Waals surface area contributed by atoms with E-state index in [-0.39, 0.29) is 5.60 Å². The summed E-state index contributed by atoms with van der Waals surface area (Å²) in [6.45, 7) is 11.0. The van der Waals surface area contributed by atoms with E-state index in [9.17, 15) is 0 Å². The zero-order chi connectivity index (χ0) is 13.0. The van der Waals surface area contributed by atoms with Crippen LogP contribution in [0.15, 0.2) is 0 Å². The molecule has 0 spiro atoms. The van der Waals surface area contributed by atoms with Gasteiger partial charge in [-0.2, -0.15) is 0 Å². The van der Waals surface area contributed by atoms with Crippen molar-refractivity contribution in [2.75, 3.05) is 26.2 Å². The smallest absolute Gasteiger partial charge is 0.0753 e. The number of morpholine rings is 1. The van der Waals surface area contributed by atoms with E-state index >= 15 is 0 Å². The quantitative estimate of drug-likeness (QED) is 0.834. The first-order valence-electron chi connectivity index (χ1n) is 7.72. The minimum Gasteiger partial charge on any atom is -0.373 e. The monoisotopic (exact) mass is 254 g/mol. The molecule has 2 fully saturated rings. The highest BCUT2D eigenvalue weighted by Gasteiger charge is 2.33. The van der Waals surface area contributed by atoms with Crippen LogP contribution < -0.4 is 5.32 Å². The molecule has 1 saturated heterocycles. The number of ether oxygens (including phenoxy) is 1. The number of rotatable bonds is 4. The molecule has 1 aliphatic heterocycles. The fourth-order valence-electron chi connectivity index (χ4n) is 3.39. The maximum Gasteiger partial charge on any atom is 0.0753 e. The highest BCUT2D eigenvalue weighted by molar-refractivity contribution is 4.88. The average molecular weight is 254 g/mol. The maximum absolute atomic E-state index is 5.82. The van der Waals surface area contributed by atoms with Gasteiger partial charge in [-0.15, -0.1) is 0 Å². The zero-order valence-corrected chi connectivity index (χ0v) is 12.4. The summed E-state index contributed by atoms with van der Waals surface area (Å²) in [6.07, 6.45) is 6.69. The summed E-state index contributed by atoms with van der Waals surface area (Å²) >= 11 is 0. The van der Waals surface area contributed by atoms with Crippen LogP contribution in [0.25, 0.3) is 0 Å². The number of hydrogen-bond donors (Lipinski definition) is 1. The van der Waals surface area contributed by atoms with Gasteiger partial charge in [0.25, 0.3) is 0 Å². The Morgan fingerprint density at radius 1 is 1.33 bits per heavy atom. The summed E-state index contributed by atoms with van der Waals surface area (Å²) in [6, 6.07) is 1.52. The van der Waals surface area contributed by atoms with Crippen LogP contribution in [0.3, 0.4) is 0 Å². The molecule has 0 aromatic rings. The molecule has 3 nitrogen and oxygen atoms in total. The summed E-state index contributed by atoms with van der Waals surface area (Å²) in [5, 5.41) is 3.70. The molecule has 18 heavy (non-hydrogen) atoms. The molecule has 2 rings (SSSR count). The van der Waals surface area contributed by atoms with Crippen LogP contribution in [0, 0.1) is 0 Å². The van der Waals surface area contributed by atoms with Gasteiger partial charge >= 0.3 is 0 Å². The predicted molar refractivity (Wildman–Crippen MR) is 75.9 cm³/mol. The molecule has 1 heterocycles. The molecule has 1 saturated carbocycles. The third-order valence-corrected chi connectivity index (χ3v) is 4.30. The highest BCUT2D eigenvalue weighted by Crippen LogP contribution is 2.27. The lowest BCUT2D eigenvalue weighted by molar-refractivity contribution is -0.101. The third kappa shape index (κ3) is 3.94. The van der Waals surface area contributed by atoms with Gasteiger partial charge in [0.15, 0.2) is 0 Å². The van der Waals surface area contributed by atoms with Crippen molar-refractivity contribution in [2.45, 2.75) is 70.6 Å². The molecule has 0 radical (unpaired) electrons. The third-order valence-electron chi connectivity index (χ3n) is 4.30. The van der Waals surface area contributed by atoms with Crippen LogP contribution in [-0.2, 0) is 4.74 Å². The Morgan fingerprint density at radius 3 is 2.89 bits per heavy atom. The van der Waals surface area contributed by atoms with E-state index in [2.05, 4.69) is 31.0 Å². The minimum absolute atomic E-state index is 0.0437. The second kappa shape index (κ2) is 6.36. The number of nitrogens with one attached hydrogen (secondary N) is 1. The van der Waals surface area contributed by atoms with E-state index in [0.717, 1.165) is 31.8 Å². The van der Waals surface area contributed by atoms with Gasteiger partial charge in [-0.25, -0.2) is 0 Å². The molecule has 2 atom stereocenters. The standard InChI is InChI=1S/C15H30N2O/c1-4-8-16-13-6-5-7-14(11-13)17-9-10-18-15(2,3)12-17/h13-14,16H,4-12H2,1-3H3. The van der Waals surface area contributed by atoms with E-state index in [1.54, 1.807) is 0 Å². The second-order valence-corrected chi connectivity index (χ2v) is 6.55. The van der Waals surface area contributed by atoms with Crippen molar-refractivity contribution < 1.29 is 4.74 Å². The van der Waals surface area contributed by atoms with Gasteiger partial charge in [0.05, 0.1) is 12.2 Å². The summed E-state index contributed by atoms with van der Waals surface area (Å²) in [5.41, 5.74) is 0.0437. The number of hydrogen-bond acceptors (Lipinski definition) is 3. The van der Waals surface area contributed by atoms with Crippen molar-refractivity contribution in [3.63, 3.8) is 0 Å². The first-order chi connectivity index (χ1) is 8.61. The van der Waals surface area contributed by atoms with Crippen molar-refractivity contribution in [2.24, 2.45) is 0 Å². The Labute approximate surface area is 112 Å². The van der Waals surface area contributed by atoms with Crippen LogP contribution >= 0.6 is 0 Å². The van der Waals surface area contributed by atoms with Crippen molar-refractivity contribution >= 4 is 0 Å². The normalized spacial score (nSPS) is 33.5. The summed E-state index contributed by atoms with van der Waals surface area (Å²) in [5.74, 6) is 0. The van der Waals surface area contributed by atoms with Crippen molar-refractivity contribution in [3.05, 3.63) is 0 Å². The lowest BCUT2D eigenvalue weighted by atomic mass is 9.89. The van der Waals surface area contributed by atoms with Gasteiger partial charge < -0.3 is 10.1 Å². The van der Waals surface area contributed by atoms with Crippen LogP contribution in [0.5, 0.6) is 0 Å². The highest BCUT2D eigenvalue weighted by atomic mass is 16.5. The van der Waals surface area contributed by atoms with Gasteiger partial charge in [0, 0.05) is 25.2 Å². The SMILES string of the molecule is CCCNC1CCCC(N2CCOC(C)(C)C2)C1. The fraction of sp³-hybridized carbons (Fsp3) is 1.00. The van der Waals surface area contributed by atoms with Crippen molar-refractivity contribution in [1.82, 2.24) is 10.2 Å². The maximum atomic E-state index is 5.82. The van der Waals surface area contributed by atoms with E-state index < -0.39 is 0 Å². The minimum atomic E-state index is 0.0437. The van der Waals surface area contributed by atoms with Crippen molar-refractivity contribution in [3.8, 4) is 0 Å². The van der Waals surface area contributed by atoms with E-state index in [4.69, 9.17) is 4.74 Å². The molecule has 1 N–H and O–H groups in total. The molecule has 0 amide bonds. The van der Waals surface area contributed by atoms with Crippen LogP contribution in [0.2, 0.25) is 0 Å². The van der Waals surface area contributed by atoms with Gasteiger partial charge in [-0.05, 0) is 46.1 Å². The molecule has 0 aromatic heterocycles. The Morgan fingerprint density at radius 2 is 2.17 bits per heavy atom. The van der Waals surface area contributed by atoms with Crippen molar-refractivity contribution in [1.29, 1.82) is 0 Å². The van der Waals surface area contributed by atoms with E-state index in [1.807, 2.05) is 0 Å². The Kier molecular flexibility index (Phi) is 5.05. The van der Waals surface area contributed by atoms with E-state index in [0.29, 0.717) is 0 Å². The molecule has 1 aliphatic carbocycles. The zero-order valence-electron chi connectivity index (χ0n) is 12.4. The fourth-order valence-corrected chi connectivity index (χ4v) is 3.39. The van der Waals surface area contributed by atoms with E-state index in [1.165, 1.54) is 38.6 Å². The predicted octanol–water partition coefficient (Wildman–Crippen LogP) is 2.41. The molecule has 0 aromatic carbocycles. The molecule has 2 aliphatic rings. The Hall–Kier alpha value is -0.120. The lowest BCUT2D eigenvalue weighted by Gasteiger charge is -2.44. The summed E-state index contributed by atoms with van der Waals surface area (Å²) < 4.78 is 5.82. The topological polar surface area (TPSA) is 24.5 Å². The van der Waals surface area contributed by atoms with Gasteiger partial charge in [0.1, 0.15) is 0 Å². The summed E-state index contributed by atoms with van der Waals surface area (Å²) in [7, 11) is 0. The van der Waals surface area contributed by atoms with Gasteiger partial charge in [0.2, 0.25) is 0 Å². The van der Waals surface area contributed by atoms with Gasteiger partial charge in [-0.1, -0.05) is 13.3 Å². The first kappa shape index (κ1) is 14.3. The van der Waals surface area contributed by atoms with Crippen LogP contribution in [0.1, 0.15) is 52.9 Å². The Bertz CT molecular complexity index is 255. The largest absolute Gasteiger partial charge is 0.373 e. The molecular weight excluding hydrogens is 224 g/mol. The van der Waals surface area contributed by atoms with Gasteiger partial charge in [-0.3, -0.25) is 4.90 Å². The molecule has 106 valence electrons. The Balaban J connectivity index is 1.84. The summed E-state index contributed by atoms with van der Waals surface area (Å²) in [4.78, 5) is 2.67.